The van der Waals surface area contributed by atoms with Gasteiger partial charge in [-0.3, -0.25) is 0 Å². The van der Waals surface area contributed by atoms with E-state index in [9.17, 15) is 5.11 Å². The summed E-state index contributed by atoms with van der Waals surface area (Å²) in [7, 11) is 0. The van der Waals surface area contributed by atoms with Crippen molar-refractivity contribution >= 4 is 6.08 Å². The lowest BCUT2D eigenvalue weighted by atomic mass is 10.2. The van der Waals surface area contributed by atoms with E-state index < -0.39 is 5.95 Å². The molecule has 4 nitrogen and oxygen atoms in total. The Kier molecular flexibility index (Phi) is 4.10. The summed E-state index contributed by atoms with van der Waals surface area (Å²) in [6.07, 6.45) is 1.72. The Labute approximate surface area is 128 Å². The number of hydrogen-bond acceptors (Lipinski definition) is 3. The van der Waals surface area contributed by atoms with Crippen molar-refractivity contribution in [3.8, 4) is 5.75 Å². The second-order valence-electron chi connectivity index (χ2n) is 4.83. The second-order valence-corrected chi connectivity index (χ2v) is 4.83. The third kappa shape index (κ3) is 2.96. The molecule has 2 aromatic rings. The summed E-state index contributed by atoms with van der Waals surface area (Å²) in [5.74, 6) is 0.254. The van der Waals surface area contributed by atoms with Crippen LogP contribution in [0.3, 0.4) is 0 Å². The highest BCUT2D eigenvalue weighted by atomic mass is 16.6. The highest BCUT2D eigenvalue weighted by molar-refractivity contribution is 5.51. The first-order chi connectivity index (χ1) is 10.8. The van der Waals surface area contributed by atoms with E-state index in [0.29, 0.717) is 30.0 Å². The summed E-state index contributed by atoms with van der Waals surface area (Å²) >= 11 is 0. The number of hydrogen-bond donors (Lipinski definition) is 0. The lowest BCUT2D eigenvalue weighted by Gasteiger charge is -2.06. The molecule has 0 aliphatic carbocycles. The zero-order valence-corrected chi connectivity index (χ0v) is 12.3. The van der Waals surface area contributed by atoms with Gasteiger partial charge in [-0.2, -0.15) is 0 Å². The molecule has 111 valence electrons. The van der Waals surface area contributed by atoms with E-state index in [4.69, 9.17) is 9.47 Å². The Bertz CT molecular complexity index is 810. The van der Waals surface area contributed by atoms with Crippen LogP contribution in [-0.4, -0.2) is 6.61 Å². The van der Waals surface area contributed by atoms with Gasteiger partial charge in [0.05, 0.1) is 6.61 Å². The van der Waals surface area contributed by atoms with Gasteiger partial charge in [0.2, 0.25) is 0 Å². The molecule has 22 heavy (non-hydrogen) atoms. The zero-order chi connectivity index (χ0) is 15.4. The number of fused-ring (bicyclic) bond motifs is 1. The van der Waals surface area contributed by atoms with Crippen LogP contribution in [0.1, 0.15) is 12.5 Å². The molecule has 0 atom stereocenters. The molecule has 0 aromatic heterocycles. The van der Waals surface area contributed by atoms with Crippen LogP contribution in [-0.2, 0) is 16.5 Å². The molecule has 0 fully saturated rings. The largest absolute Gasteiger partial charge is 0.487 e. The SMILES string of the molecule is CCOC([O])=C1C=c2cccc(OCc3ccccc3)c2=N1. The van der Waals surface area contributed by atoms with Crippen molar-refractivity contribution in [3.63, 3.8) is 0 Å². The molecule has 2 aromatic carbocycles. The average Bonchev–Trinajstić information content (AvgIpc) is 2.99. The third-order valence-electron chi connectivity index (χ3n) is 3.28. The van der Waals surface area contributed by atoms with E-state index in [1.54, 1.807) is 13.0 Å². The van der Waals surface area contributed by atoms with Crippen LogP contribution in [0.25, 0.3) is 6.08 Å². The first kappa shape index (κ1) is 14.2. The van der Waals surface area contributed by atoms with Crippen molar-refractivity contribution in [1.82, 2.24) is 0 Å². The lowest BCUT2D eigenvalue weighted by Crippen LogP contribution is -2.23. The van der Waals surface area contributed by atoms with Crippen LogP contribution in [0.2, 0.25) is 0 Å². The Morgan fingerprint density at radius 2 is 1.91 bits per heavy atom. The van der Waals surface area contributed by atoms with Gasteiger partial charge in [0.25, 0.3) is 0 Å². The molecule has 0 saturated heterocycles. The number of ether oxygens (including phenoxy) is 2. The second kappa shape index (κ2) is 6.35. The summed E-state index contributed by atoms with van der Waals surface area (Å²) in [5.41, 5.74) is 1.39. The van der Waals surface area contributed by atoms with E-state index in [1.165, 1.54) is 0 Å². The molecule has 3 rings (SSSR count). The number of para-hydroxylation sites is 1. The quantitative estimate of drug-likeness (QED) is 0.795. The van der Waals surface area contributed by atoms with Gasteiger partial charge in [-0.25, -0.2) is 10.1 Å². The first-order valence-corrected chi connectivity index (χ1v) is 7.18. The van der Waals surface area contributed by atoms with Crippen LogP contribution >= 0.6 is 0 Å². The maximum absolute atomic E-state index is 11.8. The molecule has 1 radical (unpaired) electrons. The van der Waals surface area contributed by atoms with Gasteiger partial charge in [-0.05, 0) is 24.6 Å². The van der Waals surface area contributed by atoms with Gasteiger partial charge in [-0.1, -0.05) is 42.5 Å². The van der Waals surface area contributed by atoms with E-state index >= 15 is 0 Å². The highest BCUT2D eigenvalue weighted by Crippen LogP contribution is 2.13. The van der Waals surface area contributed by atoms with E-state index in [-0.39, 0.29) is 0 Å². The van der Waals surface area contributed by atoms with Crippen LogP contribution < -0.4 is 15.3 Å². The van der Waals surface area contributed by atoms with E-state index in [0.717, 1.165) is 10.8 Å². The molecule has 0 spiro atoms. The summed E-state index contributed by atoms with van der Waals surface area (Å²) in [5, 5.41) is 13.3. The summed E-state index contributed by atoms with van der Waals surface area (Å²) in [6, 6.07) is 15.6. The summed E-state index contributed by atoms with van der Waals surface area (Å²) in [4.78, 5) is 4.34. The smallest absolute Gasteiger partial charge is 0.356 e. The van der Waals surface area contributed by atoms with Crippen molar-refractivity contribution in [2.45, 2.75) is 13.5 Å². The first-order valence-electron chi connectivity index (χ1n) is 7.18. The van der Waals surface area contributed by atoms with Crippen molar-refractivity contribution in [2.24, 2.45) is 4.99 Å². The van der Waals surface area contributed by atoms with Gasteiger partial charge in [0.1, 0.15) is 23.4 Å². The molecule has 4 heteroatoms. The van der Waals surface area contributed by atoms with Crippen molar-refractivity contribution in [1.29, 1.82) is 0 Å². The van der Waals surface area contributed by atoms with E-state index in [1.807, 2.05) is 48.5 Å². The van der Waals surface area contributed by atoms with Crippen LogP contribution in [0.5, 0.6) is 5.75 Å². The van der Waals surface area contributed by atoms with Crippen LogP contribution in [0.4, 0.5) is 0 Å². The Morgan fingerprint density at radius 1 is 1.09 bits per heavy atom. The highest BCUT2D eigenvalue weighted by Gasteiger charge is 2.12. The van der Waals surface area contributed by atoms with Crippen molar-refractivity contribution in [2.75, 3.05) is 6.61 Å². The minimum atomic E-state index is -0.410. The maximum Gasteiger partial charge on any atom is 0.356 e. The topological polar surface area (TPSA) is 50.7 Å². The normalized spacial score (nSPS) is 14.6. The molecule has 0 unspecified atom stereocenters. The van der Waals surface area contributed by atoms with Gasteiger partial charge in [0, 0.05) is 5.22 Å². The standard InChI is InChI=1S/C18H16NO3/c1-2-21-18(20)15-11-14-9-6-10-16(17(14)19-15)22-12-13-7-4-3-5-8-13/h3-11H,2,12H2,1H3. The predicted octanol–water partition coefficient (Wildman–Crippen LogP) is 2.32. The molecular weight excluding hydrogens is 278 g/mol. The predicted molar refractivity (Wildman–Crippen MR) is 81.8 cm³/mol. The minimum Gasteiger partial charge on any atom is -0.487 e. The Morgan fingerprint density at radius 3 is 2.68 bits per heavy atom. The maximum atomic E-state index is 11.8. The van der Waals surface area contributed by atoms with Crippen molar-refractivity contribution < 1.29 is 14.6 Å². The molecule has 0 amide bonds. The molecule has 1 aliphatic rings. The number of benzene rings is 2. The molecular formula is C18H16NO3. The fourth-order valence-corrected chi connectivity index (χ4v) is 2.24. The Balaban J connectivity index is 1.89. The van der Waals surface area contributed by atoms with Gasteiger partial charge in [-0.15, -0.1) is 0 Å². The van der Waals surface area contributed by atoms with Gasteiger partial charge < -0.3 is 9.47 Å². The Hall–Kier alpha value is -2.75. The molecule has 0 saturated carbocycles. The van der Waals surface area contributed by atoms with Crippen molar-refractivity contribution in [3.05, 3.63) is 76.3 Å². The number of nitrogens with zero attached hydrogens (tertiary/aromatic N) is 1. The van der Waals surface area contributed by atoms with Gasteiger partial charge in [0.15, 0.2) is 0 Å². The fraction of sp³-hybridized carbons (Fsp3) is 0.167. The van der Waals surface area contributed by atoms with Crippen LogP contribution in [0.15, 0.2) is 65.2 Å². The number of allylic oxidation sites excluding steroid dienone is 1. The lowest BCUT2D eigenvalue weighted by molar-refractivity contribution is 0.0571. The van der Waals surface area contributed by atoms with E-state index in [2.05, 4.69) is 4.99 Å². The van der Waals surface area contributed by atoms with Gasteiger partial charge >= 0.3 is 5.95 Å². The van der Waals surface area contributed by atoms with Crippen LogP contribution in [0, 0.1) is 0 Å². The summed E-state index contributed by atoms with van der Waals surface area (Å²) in [6.45, 7) is 2.57. The molecule has 0 bridgehead atoms. The fourth-order valence-electron chi connectivity index (χ4n) is 2.24. The monoisotopic (exact) mass is 294 g/mol. The zero-order valence-electron chi connectivity index (χ0n) is 12.3. The molecule has 1 heterocycles. The average molecular weight is 294 g/mol. The summed E-state index contributed by atoms with van der Waals surface area (Å²) < 4.78 is 10.8. The molecule has 0 N–H and O–H groups in total. The molecule has 1 aliphatic heterocycles. The third-order valence-corrected chi connectivity index (χ3v) is 3.28. The minimum absolute atomic E-state index is 0.313. The number of rotatable bonds is 5.